The summed E-state index contributed by atoms with van der Waals surface area (Å²) in [6.07, 6.45) is 10.4. The Balaban J connectivity index is 2.88. The minimum Gasteiger partial charge on any atom is -0.300 e. The number of benzene rings is 1. The van der Waals surface area contributed by atoms with Crippen molar-refractivity contribution in [2.75, 3.05) is 0 Å². The van der Waals surface area contributed by atoms with E-state index in [1.54, 1.807) is 6.08 Å². The van der Waals surface area contributed by atoms with E-state index in [-0.39, 0.29) is 0 Å². The highest BCUT2D eigenvalue weighted by atomic mass is 14.4. The molecule has 0 radical (unpaired) electrons. The molecule has 0 aromatic heterocycles. The Bertz CT molecular complexity index is 571. The maximum Gasteiger partial charge on any atom is 0.0638 e. The molecule has 0 aliphatic heterocycles. The van der Waals surface area contributed by atoms with E-state index in [0.29, 0.717) is 5.71 Å². The molecular formula is C19H23N. The predicted octanol–water partition coefficient (Wildman–Crippen LogP) is 5.19. The lowest BCUT2D eigenvalue weighted by atomic mass is 9.99. The molecule has 1 N–H and O–H groups in total. The third-order valence-corrected chi connectivity index (χ3v) is 3.22. The summed E-state index contributed by atoms with van der Waals surface area (Å²) in [4.78, 5) is 0. The summed E-state index contributed by atoms with van der Waals surface area (Å²) in [5.41, 5.74) is 5.02. The molecule has 1 aromatic carbocycles. The first kappa shape index (κ1) is 15.9. The van der Waals surface area contributed by atoms with Gasteiger partial charge in [0.25, 0.3) is 0 Å². The average Bonchev–Trinajstić information content (AvgIpc) is 2.45. The van der Waals surface area contributed by atoms with Gasteiger partial charge in [0.2, 0.25) is 0 Å². The van der Waals surface area contributed by atoms with Crippen LogP contribution in [0.25, 0.3) is 0 Å². The number of hydrogen-bond donors (Lipinski definition) is 1. The van der Waals surface area contributed by atoms with Gasteiger partial charge in [0.05, 0.1) is 5.71 Å². The molecule has 0 bridgehead atoms. The normalized spacial score (nSPS) is 12.8. The van der Waals surface area contributed by atoms with Crippen LogP contribution in [0, 0.1) is 12.3 Å². The first-order chi connectivity index (χ1) is 9.60. The molecule has 1 nitrogen and oxygen atoms in total. The molecule has 0 aliphatic rings. The van der Waals surface area contributed by atoms with E-state index in [9.17, 15) is 0 Å². The summed E-state index contributed by atoms with van der Waals surface area (Å²) in [7, 11) is 0. The molecular weight excluding hydrogens is 242 g/mol. The van der Waals surface area contributed by atoms with Crippen molar-refractivity contribution in [1.29, 1.82) is 5.41 Å². The molecule has 104 valence electrons. The van der Waals surface area contributed by atoms with E-state index in [1.165, 1.54) is 11.1 Å². The van der Waals surface area contributed by atoms with E-state index in [1.807, 2.05) is 32.1 Å². The zero-order valence-corrected chi connectivity index (χ0v) is 12.6. The number of nitrogens with one attached hydrogen (secondary N) is 1. The molecule has 1 aromatic rings. The van der Waals surface area contributed by atoms with E-state index < -0.39 is 0 Å². The van der Waals surface area contributed by atoms with Crippen LogP contribution in [-0.2, 0) is 6.42 Å². The minimum atomic E-state index is 0.552. The number of hydrogen-bond acceptors (Lipinski definition) is 1. The van der Waals surface area contributed by atoms with Crippen molar-refractivity contribution in [3.8, 4) is 0 Å². The van der Waals surface area contributed by atoms with Gasteiger partial charge in [-0.2, -0.15) is 0 Å². The maximum absolute atomic E-state index is 8.24. The topological polar surface area (TPSA) is 23.9 Å². The van der Waals surface area contributed by atoms with Crippen molar-refractivity contribution < 1.29 is 0 Å². The van der Waals surface area contributed by atoms with Crippen molar-refractivity contribution in [2.24, 2.45) is 0 Å². The van der Waals surface area contributed by atoms with E-state index in [2.05, 4.69) is 43.8 Å². The summed E-state index contributed by atoms with van der Waals surface area (Å²) < 4.78 is 0. The lowest BCUT2D eigenvalue weighted by Crippen LogP contribution is -2.02. The zero-order chi connectivity index (χ0) is 15.0. The second kappa shape index (κ2) is 8.11. The van der Waals surface area contributed by atoms with Gasteiger partial charge in [-0.3, -0.25) is 0 Å². The molecule has 0 spiro atoms. The minimum absolute atomic E-state index is 0.552. The second-order valence-corrected chi connectivity index (χ2v) is 4.75. The largest absolute Gasteiger partial charge is 0.300 e. The van der Waals surface area contributed by atoms with Crippen molar-refractivity contribution in [1.82, 2.24) is 0 Å². The van der Waals surface area contributed by atoms with Crippen LogP contribution in [0.4, 0.5) is 0 Å². The summed E-state index contributed by atoms with van der Waals surface area (Å²) in [6, 6.07) is 8.36. The molecule has 0 atom stereocenters. The number of allylic oxidation sites excluding steroid dienone is 7. The quantitative estimate of drug-likeness (QED) is 0.540. The Morgan fingerprint density at radius 3 is 2.60 bits per heavy atom. The van der Waals surface area contributed by atoms with Crippen molar-refractivity contribution in [3.05, 3.63) is 83.5 Å². The van der Waals surface area contributed by atoms with Gasteiger partial charge in [0.15, 0.2) is 0 Å². The summed E-state index contributed by atoms with van der Waals surface area (Å²) >= 11 is 0. The molecule has 20 heavy (non-hydrogen) atoms. The standard InChI is InChI=1S/C19H23N/c1-5-9-18(10-6-2)19(20)16(4)13-14-17-12-8-7-11-15(17)3/h5-13,20H,1,14H2,2-4H3/b10-6-,16-13-,18-9+,20-19?. The van der Waals surface area contributed by atoms with Crippen molar-refractivity contribution in [2.45, 2.75) is 27.2 Å². The molecule has 0 saturated carbocycles. The Kier molecular flexibility index (Phi) is 6.45. The molecule has 0 aliphatic carbocycles. The fourth-order valence-corrected chi connectivity index (χ4v) is 1.96. The van der Waals surface area contributed by atoms with Crippen LogP contribution in [0.5, 0.6) is 0 Å². The molecule has 1 rings (SSSR count). The molecule has 0 amide bonds. The van der Waals surface area contributed by atoms with Gasteiger partial charge in [-0.1, -0.05) is 61.2 Å². The van der Waals surface area contributed by atoms with Gasteiger partial charge in [-0.15, -0.1) is 0 Å². The predicted molar refractivity (Wildman–Crippen MR) is 89.5 cm³/mol. The van der Waals surface area contributed by atoms with Gasteiger partial charge >= 0.3 is 0 Å². The Labute approximate surface area is 122 Å². The fraction of sp³-hybridized carbons (Fsp3) is 0.211. The third-order valence-electron chi connectivity index (χ3n) is 3.22. The van der Waals surface area contributed by atoms with Crippen LogP contribution in [0.3, 0.4) is 0 Å². The SMILES string of the molecule is C=C/C=C(\C=C/C)C(=N)/C(C)=C\Cc1ccccc1C. The first-order valence-corrected chi connectivity index (χ1v) is 6.86. The summed E-state index contributed by atoms with van der Waals surface area (Å²) in [5.74, 6) is 0. The highest BCUT2D eigenvalue weighted by molar-refractivity contribution is 6.11. The summed E-state index contributed by atoms with van der Waals surface area (Å²) in [6.45, 7) is 9.76. The van der Waals surface area contributed by atoms with Crippen LogP contribution in [-0.4, -0.2) is 5.71 Å². The van der Waals surface area contributed by atoms with E-state index in [0.717, 1.165) is 17.6 Å². The lowest BCUT2D eigenvalue weighted by Gasteiger charge is -2.07. The van der Waals surface area contributed by atoms with Gasteiger partial charge in [-0.25, -0.2) is 0 Å². The summed E-state index contributed by atoms with van der Waals surface area (Å²) in [5, 5.41) is 8.24. The fourth-order valence-electron chi connectivity index (χ4n) is 1.96. The molecule has 0 fully saturated rings. The highest BCUT2D eigenvalue weighted by Crippen LogP contribution is 2.13. The van der Waals surface area contributed by atoms with Gasteiger partial charge in [0, 0.05) is 0 Å². The van der Waals surface area contributed by atoms with Gasteiger partial charge in [0.1, 0.15) is 0 Å². The third kappa shape index (κ3) is 4.51. The van der Waals surface area contributed by atoms with Crippen molar-refractivity contribution in [3.63, 3.8) is 0 Å². The van der Waals surface area contributed by atoms with Crippen LogP contribution in [0.2, 0.25) is 0 Å². The first-order valence-electron chi connectivity index (χ1n) is 6.86. The highest BCUT2D eigenvalue weighted by Gasteiger charge is 2.04. The van der Waals surface area contributed by atoms with Gasteiger partial charge < -0.3 is 5.41 Å². The van der Waals surface area contributed by atoms with Crippen LogP contribution in [0.1, 0.15) is 25.0 Å². The maximum atomic E-state index is 8.24. The molecule has 0 saturated heterocycles. The Morgan fingerprint density at radius 2 is 2.00 bits per heavy atom. The average molecular weight is 265 g/mol. The second-order valence-electron chi connectivity index (χ2n) is 4.75. The number of rotatable bonds is 6. The number of aryl methyl sites for hydroxylation is 1. The van der Waals surface area contributed by atoms with Crippen LogP contribution < -0.4 is 0 Å². The van der Waals surface area contributed by atoms with E-state index >= 15 is 0 Å². The van der Waals surface area contributed by atoms with Crippen LogP contribution >= 0.6 is 0 Å². The Morgan fingerprint density at radius 1 is 1.30 bits per heavy atom. The molecule has 1 heteroatoms. The van der Waals surface area contributed by atoms with Crippen LogP contribution in [0.15, 0.2) is 72.4 Å². The van der Waals surface area contributed by atoms with Crippen molar-refractivity contribution >= 4 is 5.71 Å². The molecule has 0 heterocycles. The Hall–Kier alpha value is -2.15. The monoisotopic (exact) mass is 265 g/mol. The zero-order valence-electron chi connectivity index (χ0n) is 12.6. The smallest absolute Gasteiger partial charge is 0.0638 e. The van der Waals surface area contributed by atoms with E-state index in [4.69, 9.17) is 5.41 Å². The molecule has 0 unspecified atom stereocenters. The van der Waals surface area contributed by atoms with Gasteiger partial charge in [-0.05, 0) is 49.5 Å². The lowest BCUT2D eigenvalue weighted by molar-refractivity contribution is 1.20.